The second-order valence-corrected chi connectivity index (χ2v) is 5.93. The Bertz CT molecular complexity index is 277. The number of Topliss-reactive ketones (excluding diaryl/α,β-unsaturated/α-hetero) is 1. The van der Waals surface area contributed by atoms with Crippen LogP contribution in [0.2, 0.25) is 0 Å². The van der Waals surface area contributed by atoms with Crippen LogP contribution in [0.25, 0.3) is 0 Å². The van der Waals surface area contributed by atoms with E-state index in [9.17, 15) is 4.79 Å². The Balaban J connectivity index is 2.11. The topological polar surface area (TPSA) is 35.5 Å². The largest absolute Gasteiger partial charge is 0.369 e. The van der Waals surface area contributed by atoms with Gasteiger partial charge in [0.1, 0.15) is 6.10 Å². The van der Waals surface area contributed by atoms with E-state index in [1.165, 1.54) is 0 Å². The average Bonchev–Trinajstić information content (AvgIpc) is 2.31. The Morgan fingerprint density at radius 1 is 1.47 bits per heavy atom. The molecule has 86 valence electrons. The first-order valence-electron chi connectivity index (χ1n) is 5.67. The molecule has 2 heterocycles. The Hall–Kier alpha value is -0.410. The fourth-order valence-electron chi connectivity index (χ4n) is 2.48. The Morgan fingerprint density at radius 2 is 2.13 bits per heavy atom. The number of ether oxygens (including phenoxy) is 2. The number of hydrogen-bond donors (Lipinski definition) is 0. The number of hydrogen-bond acceptors (Lipinski definition) is 3. The van der Waals surface area contributed by atoms with Gasteiger partial charge in [-0.1, -0.05) is 0 Å². The van der Waals surface area contributed by atoms with Crippen molar-refractivity contribution in [3.05, 3.63) is 0 Å². The molecule has 3 heteroatoms. The van der Waals surface area contributed by atoms with Gasteiger partial charge in [0.15, 0.2) is 5.78 Å². The van der Waals surface area contributed by atoms with Crippen molar-refractivity contribution in [3.63, 3.8) is 0 Å². The lowest BCUT2D eigenvalue weighted by Crippen LogP contribution is -2.39. The molecule has 2 fully saturated rings. The smallest absolute Gasteiger partial charge is 0.164 e. The number of rotatable bonds is 1. The van der Waals surface area contributed by atoms with Crippen LogP contribution in [0.5, 0.6) is 0 Å². The summed E-state index contributed by atoms with van der Waals surface area (Å²) in [4.78, 5) is 11.7. The van der Waals surface area contributed by atoms with Gasteiger partial charge in [-0.2, -0.15) is 0 Å². The third-order valence-electron chi connectivity index (χ3n) is 3.10. The van der Waals surface area contributed by atoms with E-state index in [4.69, 9.17) is 9.47 Å². The van der Waals surface area contributed by atoms with Crippen LogP contribution in [0.4, 0.5) is 0 Å². The minimum atomic E-state index is -0.317. The highest BCUT2D eigenvalue weighted by Crippen LogP contribution is 2.41. The van der Waals surface area contributed by atoms with Crippen molar-refractivity contribution in [2.75, 3.05) is 0 Å². The molecular weight excluding hydrogens is 192 g/mol. The normalized spacial score (nSPS) is 40.9. The highest BCUT2D eigenvalue weighted by molar-refractivity contribution is 5.85. The van der Waals surface area contributed by atoms with E-state index in [-0.39, 0.29) is 29.2 Å². The van der Waals surface area contributed by atoms with Crippen molar-refractivity contribution < 1.29 is 14.3 Å². The van der Waals surface area contributed by atoms with Crippen LogP contribution in [-0.4, -0.2) is 29.2 Å². The monoisotopic (exact) mass is 212 g/mol. The lowest BCUT2D eigenvalue weighted by molar-refractivity contribution is -0.153. The van der Waals surface area contributed by atoms with Crippen molar-refractivity contribution in [2.24, 2.45) is 0 Å². The quantitative estimate of drug-likeness (QED) is 0.667. The van der Waals surface area contributed by atoms with E-state index in [0.29, 0.717) is 6.42 Å². The maximum atomic E-state index is 11.7. The molecule has 2 bridgehead atoms. The lowest BCUT2D eigenvalue weighted by Gasteiger charge is -2.29. The molecule has 2 aliphatic rings. The third kappa shape index (κ3) is 2.23. The van der Waals surface area contributed by atoms with Gasteiger partial charge in [0.25, 0.3) is 0 Å². The Morgan fingerprint density at radius 3 is 2.73 bits per heavy atom. The summed E-state index contributed by atoms with van der Waals surface area (Å²) in [5, 5.41) is 0. The number of ketones is 1. The van der Waals surface area contributed by atoms with E-state index in [1.807, 2.05) is 20.8 Å². The van der Waals surface area contributed by atoms with Crippen molar-refractivity contribution in [3.8, 4) is 0 Å². The van der Waals surface area contributed by atoms with Gasteiger partial charge in [-0.25, -0.2) is 0 Å². The molecule has 15 heavy (non-hydrogen) atoms. The molecule has 0 aromatic rings. The van der Waals surface area contributed by atoms with Crippen LogP contribution in [0.1, 0.15) is 47.0 Å². The van der Waals surface area contributed by atoms with Gasteiger partial charge in [0.2, 0.25) is 0 Å². The molecule has 0 N–H and O–H groups in total. The van der Waals surface area contributed by atoms with Crippen LogP contribution in [0, 0.1) is 0 Å². The minimum Gasteiger partial charge on any atom is -0.369 e. The number of carbonyl (C=O) groups excluding carboxylic acids is 1. The SMILES string of the molecule is CC(C)(C)O[C@@H]1C[C@@]2(C)CCC(=O)[C@@H]1O2. The molecule has 0 radical (unpaired) electrons. The van der Waals surface area contributed by atoms with E-state index < -0.39 is 0 Å². The minimum absolute atomic E-state index is 0.0509. The van der Waals surface area contributed by atoms with E-state index in [0.717, 1.165) is 12.8 Å². The fraction of sp³-hybridized carbons (Fsp3) is 0.917. The molecule has 0 saturated carbocycles. The zero-order valence-electron chi connectivity index (χ0n) is 10.0. The van der Waals surface area contributed by atoms with Gasteiger partial charge >= 0.3 is 0 Å². The van der Waals surface area contributed by atoms with E-state index in [1.54, 1.807) is 0 Å². The molecule has 2 saturated heterocycles. The highest BCUT2D eigenvalue weighted by atomic mass is 16.6. The highest BCUT2D eigenvalue weighted by Gasteiger charge is 2.51. The van der Waals surface area contributed by atoms with Crippen LogP contribution < -0.4 is 0 Å². The molecule has 0 spiro atoms. The molecule has 2 rings (SSSR count). The zero-order chi connectivity index (χ0) is 11.3. The van der Waals surface area contributed by atoms with Crippen molar-refractivity contribution in [2.45, 2.75) is 70.4 Å². The summed E-state index contributed by atoms with van der Waals surface area (Å²) in [5.74, 6) is 0.208. The van der Waals surface area contributed by atoms with Gasteiger partial charge in [0.05, 0.1) is 17.3 Å². The maximum absolute atomic E-state index is 11.7. The molecule has 0 aliphatic carbocycles. The van der Waals surface area contributed by atoms with Crippen LogP contribution >= 0.6 is 0 Å². The van der Waals surface area contributed by atoms with Crippen LogP contribution in [0.15, 0.2) is 0 Å². The standard InChI is InChI=1S/C12H20O3/c1-11(2,3)14-9-7-12(4)6-5-8(13)10(9)15-12/h9-10H,5-7H2,1-4H3/t9-,10+,12-/m1/s1. The summed E-state index contributed by atoms with van der Waals surface area (Å²) in [7, 11) is 0. The molecule has 0 unspecified atom stereocenters. The third-order valence-corrected chi connectivity index (χ3v) is 3.10. The first kappa shape index (κ1) is 11.1. The molecule has 0 amide bonds. The molecule has 3 nitrogen and oxygen atoms in total. The summed E-state index contributed by atoms with van der Waals surface area (Å²) in [6, 6.07) is 0. The summed E-state index contributed by atoms with van der Waals surface area (Å²) >= 11 is 0. The fourth-order valence-corrected chi connectivity index (χ4v) is 2.48. The van der Waals surface area contributed by atoms with Gasteiger partial charge in [-0.05, 0) is 34.1 Å². The van der Waals surface area contributed by atoms with Crippen molar-refractivity contribution in [1.29, 1.82) is 0 Å². The van der Waals surface area contributed by atoms with Crippen molar-refractivity contribution >= 4 is 5.78 Å². The summed E-state index contributed by atoms with van der Waals surface area (Å²) in [6.07, 6.45) is 1.96. The molecule has 0 aromatic carbocycles. The summed E-state index contributed by atoms with van der Waals surface area (Å²) in [5.41, 5.74) is -0.337. The van der Waals surface area contributed by atoms with Crippen LogP contribution in [0.3, 0.4) is 0 Å². The molecule has 3 atom stereocenters. The van der Waals surface area contributed by atoms with Gasteiger partial charge < -0.3 is 9.47 Å². The predicted octanol–water partition coefficient (Wildman–Crippen LogP) is 2.08. The molecule has 0 aromatic heterocycles. The van der Waals surface area contributed by atoms with Crippen LogP contribution in [-0.2, 0) is 14.3 Å². The van der Waals surface area contributed by atoms with E-state index in [2.05, 4.69) is 6.92 Å². The lowest BCUT2D eigenvalue weighted by atomic mass is 9.97. The maximum Gasteiger partial charge on any atom is 0.164 e. The summed E-state index contributed by atoms with van der Waals surface area (Å²) < 4.78 is 11.7. The van der Waals surface area contributed by atoms with Gasteiger partial charge in [-0.3, -0.25) is 4.79 Å². The average molecular weight is 212 g/mol. The first-order valence-corrected chi connectivity index (χ1v) is 5.67. The predicted molar refractivity (Wildman–Crippen MR) is 56.8 cm³/mol. The second-order valence-electron chi connectivity index (χ2n) is 5.93. The summed E-state index contributed by atoms with van der Waals surface area (Å²) in [6.45, 7) is 8.13. The number of fused-ring (bicyclic) bond motifs is 2. The Kier molecular flexibility index (Phi) is 2.43. The zero-order valence-corrected chi connectivity index (χ0v) is 10.0. The van der Waals surface area contributed by atoms with Gasteiger partial charge in [0, 0.05) is 12.8 Å². The molecule has 2 aliphatic heterocycles. The second kappa shape index (κ2) is 3.29. The first-order chi connectivity index (χ1) is 6.79. The number of carbonyl (C=O) groups is 1. The Labute approximate surface area is 91.1 Å². The van der Waals surface area contributed by atoms with E-state index >= 15 is 0 Å². The molecular formula is C12H20O3. The van der Waals surface area contributed by atoms with Gasteiger partial charge in [-0.15, -0.1) is 0 Å². The van der Waals surface area contributed by atoms with Crippen molar-refractivity contribution in [1.82, 2.24) is 0 Å².